The van der Waals surface area contributed by atoms with E-state index in [0.29, 0.717) is 12.0 Å². The first-order chi connectivity index (χ1) is 10.3. The van der Waals surface area contributed by atoms with Crippen LogP contribution in [0, 0.1) is 5.92 Å². The number of aliphatic hydroxyl groups is 1. The molecule has 1 aromatic rings. The van der Waals surface area contributed by atoms with Crippen LogP contribution in [0.5, 0.6) is 0 Å². The molecule has 120 valence electrons. The highest BCUT2D eigenvalue weighted by molar-refractivity contribution is 5.97. The van der Waals surface area contributed by atoms with Gasteiger partial charge in [0.05, 0.1) is 5.60 Å². The van der Waals surface area contributed by atoms with Gasteiger partial charge in [0.2, 0.25) is 5.91 Å². The second-order valence-corrected chi connectivity index (χ2v) is 6.39. The zero-order chi connectivity index (χ0) is 16.3. The minimum atomic E-state index is -0.933. The van der Waals surface area contributed by atoms with Crippen molar-refractivity contribution in [3.05, 3.63) is 29.8 Å². The molecule has 0 aromatic heterocycles. The second-order valence-electron chi connectivity index (χ2n) is 6.39. The molecule has 22 heavy (non-hydrogen) atoms. The van der Waals surface area contributed by atoms with Crippen molar-refractivity contribution < 1.29 is 14.7 Å². The third kappa shape index (κ3) is 3.65. The molecule has 0 aliphatic carbocycles. The van der Waals surface area contributed by atoms with Crippen LogP contribution >= 0.6 is 0 Å². The van der Waals surface area contributed by atoms with Crippen molar-refractivity contribution >= 4 is 17.5 Å². The van der Waals surface area contributed by atoms with Gasteiger partial charge in [-0.3, -0.25) is 9.59 Å². The number of anilines is 1. The fraction of sp³-hybridized carbons (Fsp3) is 0.529. The largest absolute Gasteiger partial charge is 0.388 e. The zero-order valence-electron chi connectivity index (χ0n) is 13.4. The molecule has 1 unspecified atom stereocenters. The Morgan fingerprint density at radius 3 is 2.50 bits per heavy atom. The van der Waals surface area contributed by atoms with Gasteiger partial charge in [0.15, 0.2) is 0 Å². The maximum atomic E-state index is 12.1. The summed E-state index contributed by atoms with van der Waals surface area (Å²) in [6.07, 6.45) is 1.47. The number of nitrogens with zero attached hydrogens (tertiary/aromatic N) is 1. The lowest BCUT2D eigenvalue weighted by molar-refractivity contribution is -0.117. The van der Waals surface area contributed by atoms with E-state index in [9.17, 15) is 14.7 Å². The lowest BCUT2D eigenvalue weighted by Crippen LogP contribution is -2.44. The van der Waals surface area contributed by atoms with E-state index in [1.54, 1.807) is 36.1 Å². The molecule has 1 saturated heterocycles. The summed E-state index contributed by atoms with van der Waals surface area (Å²) < 4.78 is 0. The third-order valence-corrected chi connectivity index (χ3v) is 4.37. The lowest BCUT2D eigenvalue weighted by atomic mass is 9.92. The number of hydrogen-bond donors (Lipinski definition) is 2. The second kappa shape index (κ2) is 6.48. The molecule has 2 N–H and O–H groups in total. The highest BCUT2D eigenvalue weighted by Gasteiger charge is 2.26. The molecule has 0 bridgehead atoms. The van der Waals surface area contributed by atoms with Crippen molar-refractivity contribution in [1.29, 1.82) is 0 Å². The monoisotopic (exact) mass is 304 g/mol. The van der Waals surface area contributed by atoms with E-state index in [1.165, 1.54) is 0 Å². The molecular weight excluding hydrogens is 280 g/mol. The molecule has 0 spiro atoms. The van der Waals surface area contributed by atoms with Crippen molar-refractivity contribution in [1.82, 2.24) is 5.32 Å². The molecule has 0 saturated carbocycles. The summed E-state index contributed by atoms with van der Waals surface area (Å²) in [5.74, 6) is -0.0400. The Hall–Kier alpha value is -1.88. The number of nitrogens with one attached hydrogen (secondary N) is 1. The summed E-state index contributed by atoms with van der Waals surface area (Å²) in [4.78, 5) is 25.5. The maximum absolute atomic E-state index is 12.1. The number of amides is 2. The summed E-state index contributed by atoms with van der Waals surface area (Å²) in [5.41, 5.74) is 0.417. The Morgan fingerprint density at radius 2 is 2.00 bits per heavy atom. The number of carbonyl (C=O) groups excluding carboxylic acids is 2. The van der Waals surface area contributed by atoms with Crippen LogP contribution in [-0.2, 0) is 4.79 Å². The Bertz CT molecular complexity index is 550. The first kappa shape index (κ1) is 16.5. The van der Waals surface area contributed by atoms with Crippen LogP contribution in [0.1, 0.15) is 44.0 Å². The first-order valence-corrected chi connectivity index (χ1v) is 7.72. The third-order valence-electron chi connectivity index (χ3n) is 4.37. The molecule has 5 heteroatoms. The summed E-state index contributed by atoms with van der Waals surface area (Å²) >= 11 is 0. The molecule has 1 atom stereocenters. The van der Waals surface area contributed by atoms with E-state index in [4.69, 9.17) is 0 Å². The minimum absolute atomic E-state index is 0.0522. The topological polar surface area (TPSA) is 69.6 Å². The molecule has 2 amide bonds. The van der Waals surface area contributed by atoms with Crippen LogP contribution in [0.2, 0.25) is 0 Å². The van der Waals surface area contributed by atoms with Crippen LogP contribution in [0.4, 0.5) is 5.69 Å². The quantitative estimate of drug-likeness (QED) is 0.873. The summed E-state index contributed by atoms with van der Waals surface area (Å²) in [6.45, 7) is 6.47. The normalized spacial score (nSPS) is 17.7. The Balaban J connectivity index is 1.98. The Labute approximate surface area is 131 Å². The van der Waals surface area contributed by atoms with E-state index < -0.39 is 5.60 Å². The first-order valence-electron chi connectivity index (χ1n) is 7.72. The van der Waals surface area contributed by atoms with Crippen molar-refractivity contribution in [2.75, 3.05) is 18.0 Å². The lowest BCUT2D eigenvalue weighted by Gasteiger charge is -2.27. The summed E-state index contributed by atoms with van der Waals surface area (Å²) in [7, 11) is 0. The molecule has 0 radical (unpaired) electrons. The molecule has 1 aliphatic rings. The SMILES string of the molecule is CC(C)C(C)(O)CNC(=O)c1ccc(N2CCCC2=O)cc1. The van der Waals surface area contributed by atoms with Crippen molar-refractivity contribution in [3.8, 4) is 0 Å². The van der Waals surface area contributed by atoms with E-state index in [-0.39, 0.29) is 24.3 Å². The van der Waals surface area contributed by atoms with Gasteiger partial charge in [0.25, 0.3) is 5.91 Å². The van der Waals surface area contributed by atoms with Crippen LogP contribution in [0.15, 0.2) is 24.3 Å². The zero-order valence-corrected chi connectivity index (χ0v) is 13.4. The molecule has 1 aromatic carbocycles. The predicted octanol–water partition coefficient (Wildman–Crippen LogP) is 1.95. The number of hydrogen-bond acceptors (Lipinski definition) is 3. The fourth-order valence-corrected chi connectivity index (χ4v) is 2.28. The van der Waals surface area contributed by atoms with Gasteiger partial charge >= 0.3 is 0 Å². The molecule has 1 aliphatic heterocycles. The van der Waals surface area contributed by atoms with Gasteiger partial charge < -0.3 is 15.3 Å². The number of benzene rings is 1. The van der Waals surface area contributed by atoms with Crippen LogP contribution in [-0.4, -0.2) is 35.6 Å². The number of rotatable bonds is 5. The average molecular weight is 304 g/mol. The van der Waals surface area contributed by atoms with Gasteiger partial charge in [0.1, 0.15) is 0 Å². The Kier molecular flexibility index (Phi) is 4.86. The maximum Gasteiger partial charge on any atom is 0.251 e. The molecule has 1 fully saturated rings. The molecular formula is C17H24N2O3. The standard InChI is InChI=1S/C17H24N2O3/c1-12(2)17(3,22)11-18-16(21)13-6-8-14(9-7-13)19-10-4-5-15(19)20/h6-9,12,22H,4-5,10-11H2,1-3H3,(H,18,21). The van der Waals surface area contributed by atoms with Crippen molar-refractivity contribution in [2.45, 2.75) is 39.2 Å². The minimum Gasteiger partial charge on any atom is -0.388 e. The van der Waals surface area contributed by atoms with Crippen molar-refractivity contribution in [3.63, 3.8) is 0 Å². The summed E-state index contributed by atoms with van der Waals surface area (Å²) in [6, 6.07) is 7.00. The van der Waals surface area contributed by atoms with E-state index >= 15 is 0 Å². The van der Waals surface area contributed by atoms with E-state index in [2.05, 4.69) is 5.32 Å². The molecule has 1 heterocycles. The number of carbonyl (C=O) groups is 2. The van der Waals surface area contributed by atoms with E-state index in [1.807, 2.05) is 13.8 Å². The van der Waals surface area contributed by atoms with Gasteiger partial charge in [-0.05, 0) is 43.5 Å². The van der Waals surface area contributed by atoms with Crippen molar-refractivity contribution in [2.24, 2.45) is 5.92 Å². The van der Waals surface area contributed by atoms with Crippen LogP contribution in [0.25, 0.3) is 0 Å². The van der Waals surface area contributed by atoms with Gasteiger partial charge in [-0.2, -0.15) is 0 Å². The fourth-order valence-electron chi connectivity index (χ4n) is 2.28. The predicted molar refractivity (Wildman–Crippen MR) is 85.8 cm³/mol. The molecule has 2 rings (SSSR count). The Morgan fingerprint density at radius 1 is 1.36 bits per heavy atom. The average Bonchev–Trinajstić information content (AvgIpc) is 2.91. The summed E-state index contributed by atoms with van der Waals surface area (Å²) in [5, 5.41) is 12.9. The van der Waals surface area contributed by atoms with Gasteiger partial charge in [-0.1, -0.05) is 13.8 Å². The smallest absolute Gasteiger partial charge is 0.251 e. The van der Waals surface area contributed by atoms with Gasteiger partial charge in [0, 0.05) is 30.8 Å². The highest BCUT2D eigenvalue weighted by Crippen LogP contribution is 2.21. The highest BCUT2D eigenvalue weighted by atomic mass is 16.3. The van der Waals surface area contributed by atoms with Crippen LogP contribution < -0.4 is 10.2 Å². The van der Waals surface area contributed by atoms with Gasteiger partial charge in [-0.25, -0.2) is 0 Å². The van der Waals surface area contributed by atoms with E-state index in [0.717, 1.165) is 18.7 Å². The van der Waals surface area contributed by atoms with Gasteiger partial charge in [-0.15, -0.1) is 0 Å². The van der Waals surface area contributed by atoms with Crippen LogP contribution in [0.3, 0.4) is 0 Å². The molecule has 5 nitrogen and oxygen atoms in total.